The third kappa shape index (κ3) is 8.24. The van der Waals surface area contributed by atoms with Gasteiger partial charge in [-0.25, -0.2) is 4.39 Å². The number of methoxy groups -OCH3 is 1. The number of ether oxygens (including phenoxy) is 2. The van der Waals surface area contributed by atoms with Crippen LogP contribution in [0.15, 0.2) is 24.3 Å². The molecule has 7 heteroatoms. The fourth-order valence-corrected chi connectivity index (χ4v) is 4.95. The van der Waals surface area contributed by atoms with Gasteiger partial charge in [0, 0.05) is 0 Å². The summed E-state index contributed by atoms with van der Waals surface area (Å²) in [5.41, 5.74) is -0.653. The molecule has 0 radical (unpaired) electrons. The molecule has 0 N–H and O–H groups in total. The Bertz CT molecular complexity index is 704. The highest BCUT2D eigenvalue weighted by Gasteiger charge is 2.47. The summed E-state index contributed by atoms with van der Waals surface area (Å²) >= 11 is 0. The van der Waals surface area contributed by atoms with Crippen molar-refractivity contribution in [1.29, 1.82) is 0 Å². The highest BCUT2D eigenvalue weighted by molar-refractivity contribution is 6.74. The van der Waals surface area contributed by atoms with Crippen LogP contribution < -0.4 is 4.74 Å². The Balaban J connectivity index is 2.97. The van der Waals surface area contributed by atoms with Gasteiger partial charge < -0.3 is 18.3 Å². The number of alkyl halides is 1. The van der Waals surface area contributed by atoms with Crippen LogP contribution >= 0.6 is 0 Å². The molecule has 1 aromatic rings. The summed E-state index contributed by atoms with van der Waals surface area (Å²) in [6.45, 7) is 23.7. The van der Waals surface area contributed by atoms with E-state index in [2.05, 4.69) is 67.7 Å². The van der Waals surface area contributed by atoms with Crippen LogP contribution in [0.1, 0.15) is 54.0 Å². The van der Waals surface area contributed by atoms with Gasteiger partial charge in [-0.05, 0) is 60.9 Å². The van der Waals surface area contributed by atoms with Gasteiger partial charge in [-0.15, -0.1) is 0 Å². The molecular formula is C25H47FO4Si2. The van der Waals surface area contributed by atoms with Crippen LogP contribution in [0, 0.1) is 0 Å². The zero-order valence-electron chi connectivity index (χ0n) is 22.5. The van der Waals surface area contributed by atoms with E-state index in [4.69, 9.17) is 18.3 Å². The molecule has 2 atom stereocenters. The van der Waals surface area contributed by atoms with Gasteiger partial charge >= 0.3 is 0 Å². The van der Waals surface area contributed by atoms with E-state index in [9.17, 15) is 0 Å². The van der Waals surface area contributed by atoms with Crippen molar-refractivity contribution >= 4 is 16.6 Å². The SMILES string of the molecule is COc1ccc(COC[C@@H](O[Si](C)(C)C(C)(C)C)[C@@](C)(F)CO[Si](C)(C)C(C)(C)C)cc1. The van der Waals surface area contributed by atoms with Gasteiger partial charge in [0.1, 0.15) is 11.9 Å². The molecule has 0 amide bonds. The average molecular weight is 487 g/mol. The van der Waals surface area contributed by atoms with Gasteiger partial charge in [-0.1, -0.05) is 53.7 Å². The Morgan fingerprint density at radius 2 is 1.34 bits per heavy atom. The zero-order chi connectivity index (χ0) is 25.0. The lowest BCUT2D eigenvalue weighted by atomic mass is 10.0. The van der Waals surface area contributed by atoms with Crippen molar-refractivity contribution in [1.82, 2.24) is 0 Å². The van der Waals surface area contributed by atoms with Crippen molar-refractivity contribution in [2.45, 2.75) is 103 Å². The monoisotopic (exact) mass is 486 g/mol. The molecule has 0 saturated heterocycles. The van der Waals surface area contributed by atoms with E-state index >= 15 is 4.39 Å². The van der Waals surface area contributed by atoms with Gasteiger partial charge in [0.15, 0.2) is 22.3 Å². The summed E-state index contributed by atoms with van der Waals surface area (Å²) < 4.78 is 40.1. The molecule has 0 bridgehead atoms. The summed E-state index contributed by atoms with van der Waals surface area (Å²) in [6, 6.07) is 7.71. The second kappa shape index (κ2) is 10.7. The molecule has 0 fully saturated rings. The molecule has 0 aliphatic rings. The zero-order valence-corrected chi connectivity index (χ0v) is 24.5. The van der Waals surface area contributed by atoms with Crippen LogP contribution in [0.5, 0.6) is 5.75 Å². The third-order valence-corrected chi connectivity index (χ3v) is 16.1. The number of benzene rings is 1. The highest BCUT2D eigenvalue weighted by atomic mass is 28.4. The molecule has 1 rings (SSSR count). The molecule has 0 spiro atoms. The minimum atomic E-state index is -2.21. The summed E-state index contributed by atoms with van der Waals surface area (Å²) in [5, 5.41) is -0.0126. The van der Waals surface area contributed by atoms with Crippen molar-refractivity contribution in [3.05, 3.63) is 29.8 Å². The first kappa shape index (κ1) is 29.3. The lowest BCUT2D eigenvalue weighted by Crippen LogP contribution is -2.54. The highest BCUT2D eigenvalue weighted by Crippen LogP contribution is 2.40. The first-order valence-electron chi connectivity index (χ1n) is 11.5. The second-order valence-electron chi connectivity index (χ2n) is 12.1. The maximum Gasteiger partial charge on any atom is 0.192 e. The van der Waals surface area contributed by atoms with E-state index < -0.39 is 28.4 Å². The maximum atomic E-state index is 16.1. The molecule has 32 heavy (non-hydrogen) atoms. The summed E-state index contributed by atoms with van der Waals surface area (Å²) in [7, 11) is -2.66. The fraction of sp³-hybridized carbons (Fsp3) is 0.760. The largest absolute Gasteiger partial charge is 0.497 e. The Labute approximate surface area is 198 Å². The van der Waals surface area contributed by atoms with E-state index in [-0.39, 0.29) is 23.3 Å². The number of hydrogen-bond donors (Lipinski definition) is 0. The standard InChI is InChI=1S/C25H47FO4Si2/c1-23(2,3)31(9,10)29-19-25(7,26)22(30-32(11,12)24(4,5)6)18-28-17-20-13-15-21(27-8)16-14-20/h13-16,22H,17-19H2,1-12H3/t22-,25+/m1/s1. The van der Waals surface area contributed by atoms with Gasteiger partial charge in [0.05, 0.1) is 26.9 Å². The lowest BCUT2D eigenvalue weighted by Gasteiger charge is -2.44. The van der Waals surface area contributed by atoms with Crippen molar-refractivity contribution in [3.8, 4) is 5.75 Å². The molecule has 0 unspecified atom stereocenters. The first-order chi connectivity index (χ1) is 14.3. The fourth-order valence-electron chi connectivity index (χ4n) is 2.50. The Morgan fingerprint density at radius 3 is 1.78 bits per heavy atom. The maximum absolute atomic E-state index is 16.1. The Morgan fingerprint density at radius 1 is 0.844 bits per heavy atom. The topological polar surface area (TPSA) is 36.9 Å². The summed E-state index contributed by atoms with van der Waals surface area (Å²) in [4.78, 5) is 0. The van der Waals surface area contributed by atoms with Crippen LogP contribution in [0.2, 0.25) is 36.3 Å². The average Bonchev–Trinajstić information content (AvgIpc) is 2.64. The lowest BCUT2D eigenvalue weighted by molar-refractivity contribution is -0.0673. The molecule has 0 aromatic heterocycles. The molecule has 0 aliphatic carbocycles. The van der Waals surface area contributed by atoms with Crippen LogP contribution in [0.4, 0.5) is 4.39 Å². The predicted molar refractivity (Wildman–Crippen MR) is 137 cm³/mol. The van der Waals surface area contributed by atoms with E-state index in [1.165, 1.54) is 0 Å². The molecule has 186 valence electrons. The normalized spacial score (nSPS) is 16.5. The van der Waals surface area contributed by atoms with Crippen molar-refractivity contribution < 1.29 is 22.7 Å². The molecule has 0 saturated carbocycles. The first-order valence-corrected chi connectivity index (χ1v) is 17.4. The Hall–Kier alpha value is -0.736. The minimum absolute atomic E-state index is 0.00861. The molecule has 0 aliphatic heterocycles. The van der Waals surface area contributed by atoms with E-state index in [1.54, 1.807) is 14.0 Å². The van der Waals surface area contributed by atoms with Crippen molar-refractivity contribution in [2.75, 3.05) is 20.3 Å². The van der Waals surface area contributed by atoms with Gasteiger partial charge in [0.25, 0.3) is 0 Å². The quantitative estimate of drug-likeness (QED) is 0.306. The van der Waals surface area contributed by atoms with Gasteiger partial charge in [-0.2, -0.15) is 0 Å². The van der Waals surface area contributed by atoms with Crippen LogP contribution in [0.25, 0.3) is 0 Å². The number of rotatable bonds is 11. The molecule has 0 heterocycles. The van der Waals surface area contributed by atoms with E-state index in [0.29, 0.717) is 6.61 Å². The van der Waals surface area contributed by atoms with E-state index in [1.807, 2.05) is 24.3 Å². The van der Waals surface area contributed by atoms with E-state index in [0.717, 1.165) is 11.3 Å². The smallest absolute Gasteiger partial charge is 0.192 e. The minimum Gasteiger partial charge on any atom is -0.497 e. The Kier molecular flexibility index (Phi) is 9.78. The second-order valence-corrected chi connectivity index (χ2v) is 21.6. The summed E-state index contributed by atoms with van der Waals surface area (Å²) in [5.74, 6) is 0.798. The molecule has 1 aromatic carbocycles. The van der Waals surface area contributed by atoms with Gasteiger partial charge in [-0.3, -0.25) is 0 Å². The third-order valence-electron chi connectivity index (χ3n) is 7.13. The van der Waals surface area contributed by atoms with Crippen molar-refractivity contribution in [2.24, 2.45) is 0 Å². The van der Waals surface area contributed by atoms with Crippen LogP contribution in [-0.4, -0.2) is 48.7 Å². The predicted octanol–water partition coefficient (Wildman–Crippen LogP) is 7.35. The molecular weight excluding hydrogens is 439 g/mol. The summed E-state index contributed by atoms with van der Waals surface area (Å²) in [6.07, 6.45) is -0.702. The number of halogens is 1. The van der Waals surface area contributed by atoms with Crippen LogP contribution in [-0.2, 0) is 20.2 Å². The molecule has 4 nitrogen and oxygen atoms in total. The van der Waals surface area contributed by atoms with Crippen LogP contribution in [0.3, 0.4) is 0 Å². The number of hydrogen-bond acceptors (Lipinski definition) is 4. The van der Waals surface area contributed by atoms with Gasteiger partial charge in [0.2, 0.25) is 0 Å². The van der Waals surface area contributed by atoms with Crippen molar-refractivity contribution in [3.63, 3.8) is 0 Å².